The van der Waals surface area contributed by atoms with Crippen molar-refractivity contribution in [3.63, 3.8) is 0 Å². The van der Waals surface area contributed by atoms with Gasteiger partial charge in [-0.3, -0.25) is 9.48 Å². The van der Waals surface area contributed by atoms with E-state index in [4.69, 9.17) is 20.8 Å². The van der Waals surface area contributed by atoms with E-state index in [0.717, 1.165) is 15.7 Å². The molecule has 8 heteroatoms. The van der Waals surface area contributed by atoms with Crippen LogP contribution in [0.1, 0.15) is 27.6 Å². The molecule has 6 nitrogen and oxygen atoms in total. The Bertz CT molecular complexity index is 1200. The summed E-state index contributed by atoms with van der Waals surface area (Å²) in [5.74, 6) is 1.54. The Morgan fingerprint density at radius 2 is 1.97 bits per heavy atom. The van der Waals surface area contributed by atoms with Crippen molar-refractivity contribution in [1.29, 1.82) is 0 Å². The van der Waals surface area contributed by atoms with E-state index in [1.54, 1.807) is 16.8 Å². The number of aromatic nitrogens is 2. The topological polar surface area (TPSA) is 69.3 Å². The van der Waals surface area contributed by atoms with Gasteiger partial charge in [0.25, 0.3) is 5.91 Å². The molecule has 2 aromatic carbocycles. The highest BCUT2D eigenvalue weighted by atomic mass is 79.9. The fraction of sp³-hybridized carbons (Fsp3) is 0.130. The monoisotopic (exact) mass is 499 g/mol. The molecule has 4 rings (SSSR count). The van der Waals surface area contributed by atoms with Crippen molar-refractivity contribution in [1.82, 2.24) is 9.78 Å². The second-order valence-corrected chi connectivity index (χ2v) is 8.27. The fourth-order valence-electron chi connectivity index (χ4n) is 2.98. The van der Waals surface area contributed by atoms with Gasteiger partial charge in [-0.2, -0.15) is 5.10 Å². The average Bonchev–Trinajstić information content (AvgIpc) is 3.34. The maximum Gasteiger partial charge on any atom is 0.292 e. The fourth-order valence-corrected chi connectivity index (χ4v) is 3.46. The Morgan fingerprint density at radius 1 is 1.16 bits per heavy atom. The molecular formula is C23H19BrClN3O3. The van der Waals surface area contributed by atoms with Crippen LogP contribution < -0.4 is 10.1 Å². The maximum atomic E-state index is 12.5. The molecule has 2 heterocycles. The second kappa shape index (κ2) is 9.41. The number of aryl methyl sites for hydroxylation is 1. The Balaban J connectivity index is 1.37. The lowest BCUT2D eigenvalue weighted by Crippen LogP contribution is -2.12. The molecule has 4 aromatic rings. The predicted molar refractivity (Wildman–Crippen MR) is 123 cm³/mol. The summed E-state index contributed by atoms with van der Waals surface area (Å²) < 4.78 is 14.1. The number of halogens is 2. The highest BCUT2D eigenvalue weighted by molar-refractivity contribution is 9.10. The molecule has 0 bridgehead atoms. The largest absolute Gasteiger partial charge is 0.486 e. The van der Waals surface area contributed by atoms with Gasteiger partial charge in [-0.05, 0) is 61.0 Å². The molecule has 0 unspecified atom stereocenters. The van der Waals surface area contributed by atoms with E-state index in [1.807, 2.05) is 61.5 Å². The van der Waals surface area contributed by atoms with Crippen molar-refractivity contribution < 1.29 is 13.9 Å². The SMILES string of the molecule is Cc1cc(NC(=O)c2ccc(COc3ccc(Br)cc3)o2)nn1Cc1cccc(Cl)c1. The summed E-state index contributed by atoms with van der Waals surface area (Å²) in [5, 5.41) is 7.91. The number of anilines is 1. The van der Waals surface area contributed by atoms with Gasteiger partial charge in [-0.1, -0.05) is 39.7 Å². The number of nitrogens with zero attached hydrogens (tertiary/aromatic N) is 2. The molecule has 0 aliphatic carbocycles. The second-order valence-electron chi connectivity index (χ2n) is 6.92. The van der Waals surface area contributed by atoms with Gasteiger partial charge in [0.05, 0.1) is 6.54 Å². The third-order valence-corrected chi connectivity index (χ3v) is 5.29. The van der Waals surface area contributed by atoms with E-state index in [1.165, 1.54) is 0 Å². The van der Waals surface area contributed by atoms with E-state index in [9.17, 15) is 4.79 Å². The quantitative estimate of drug-likeness (QED) is 0.334. The van der Waals surface area contributed by atoms with Crippen LogP contribution in [0.4, 0.5) is 5.82 Å². The minimum absolute atomic E-state index is 0.191. The minimum atomic E-state index is -0.373. The summed E-state index contributed by atoms with van der Waals surface area (Å²) in [6.07, 6.45) is 0. The van der Waals surface area contributed by atoms with Gasteiger partial charge in [0, 0.05) is 21.3 Å². The van der Waals surface area contributed by atoms with Crippen molar-refractivity contribution in [3.05, 3.63) is 99.0 Å². The summed E-state index contributed by atoms with van der Waals surface area (Å²) in [6.45, 7) is 2.71. The molecule has 0 radical (unpaired) electrons. The van der Waals surface area contributed by atoms with Crippen molar-refractivity contribution in [2.45, 2.75) is 20.1 Å². The Hall–Kier alpha value is -3.03. The van der Waals surface area contributed by atoms with E-state index in [2.05, 4.69) is 26.3 Å². The molecule has 0 aliphatic heterocycles. The molecule has 0 spiro atoms. The molecule has 31 heavy (non-hydrogen) atoms. The van der Waals surface area contributed by atoms with Gasteiger partial charge in [0.1, 0.15) is 18.1 Å². The summed E-state index contributed by atoms with van der Waals surface area (Å²) in [5.41, 5.74) is 1.94. The third kappa shape index (κ3) is 5.57. The number of rotatable bonds is 7. The summed E-state index contributed by atoms with van der Waals surface area (Å²) in [7, 11) is 0. The normalized spacial score (nSPS) is 10.8. The zero-order valence-electron chi connectivity index (χ0n) is 16.6. The number of benzene rings is 2. The summed E-state index contributed by atoms with van der Waals surface area (Å²) in [4.78, 5) is 12.5. The lowest BCUT2D eigenvalue weighted by atomic mass is 10.2. The summed E-state index contributed by atoms with van der Waals surface area (Å²) >= 11 is 9.43. The first kappa shape index (κ1) is 21.2. The third-order valence-electron chi connectivity index (χ3n) is 4.52. The van der Waals surface area contributed by atoms with Crippen LogP contribution in [-0.4, -0.2) is 15.7 Å². The van der Waals surface area contributed by atoms with Crippen molar-refractivity contribution in [2.24, 2.45) is 0 Å². The zero-order valence-corrected chi connectivity index (χ0v) is 19.0. The molecule has 0 saturated heterocycles. The first-order valence-electron chi connectivity index (χ1n) is 9.53. The number of carbonyl (C=O) groups excluding carboxylic acids is 1. The Morgan fingerprint density at radius 3 is 2.74 bits per heavy atom. The van der Waals surface area contributed by atoms with Crippen LogP contribution in [0.3, 0.4) is 0 Å². The number of amides is 1. The van der Waals surface area contributed by atoms with Gasteiger partial charge in [-0.25, -0.2) is 0 Å². The van der Waals surface area contributed by atoms with Crippen molar-refractivity contribution >= 4 is 39.3 Å². The summed E-state index contributed by atoms with van der Waals surface area (Å²) in [6, 6.07) is 20.2. The predicted octanol–water partition coefficient (Wildman–Crippen LogP) is 6.08. The minimum Gasteiger partial charge on any atom is -0.486 e. The molecule has 0 atom stereocenters. The van der Waals surface area contributed by atoms with Gasteiger partial charge in [0.15, 0.2) is 11.6 Å². The van der Waals surface area contributed by atoms with E-state index in [-0.39, 0.29) is 18.3 Å². The molecule has 0 saturated carbocycles. The van der Waals surface area contributed by atoms with E-state index < -0.39 is 0 Å². The highest BCUT2D eigenvalue weighted by Crippen LogP contribution is 2.19. The smallest absolute Gasteiger partial charge is 0.292 e. The maximum absolute atomic E-state index is 12.5. The Labute approximate surface area is 192 Å². The van der Waals surface area contributed by atoms with Gasteiger partial charge in [-0.15, -0.1) is 0 Å². The van der Waals surface area contributed by atoms with Gasteiger partial charge < -0.3 is 14.5 Å². The first-order chi connectivity index (χ1) is 15.0. The van der Waals surface area contributed by atoms with Gasteiger partial charge in [0.2, 0.25) is 0 Å². The molecule has 1 amide bonds. The van der Waals surface area contributed by atoms with Gasteiger partial charge >= 0.3 is 0 Å². The van der Waals surface area contributed by atoms with Crippen molar-refractivity contribution in [2.75, 3.05) is 5.32 Å². The molecular weight excluding hydrogens is 482 g/mol. The van der Waals surface area contributed by atoms with Crippen molar-refractivity contribution in [3.8, 4) is 5.75 Å². The molecule has 1 N–H and O–H groups in total. The van der Waals surface area contributed by atoms with Crippen LogP contribution in [0.5, 0.6) is 5.75 Å². The zero-order chi connectivity index (χ0) is 21.8. The Kier molecular flexibility index (Phi) is 6.44. The lowest BCUT2D eigenvalue weighted by Gasteiger charge is -2.05. The highest BCUT2D eigenvalue weighted by Gasteiger charge is 2.14. The number of carbonyl (C=O) groups is 1. The molecule has 0 fully saturated rings. The number of hydrogen-bond acceptors (Lipinski definition) is 4. The number of hydrogen-bond donors (Lipinski definition) is 1. The number of nitrogens with one attached hydrogen (secondary N) is 1. The van der Waals surface area contributed by atoms with Crippen LogP contribution >= 0.6 is 27.5 Å². The van der Waals surface area contributed by atoms with Crippen LogP contribution in [0, 0.1) is 6.92 Å². The first-order valence-corrected chi connectivity index (χ1v) is 10.7. The molecule has 0 aliphatic rings. The lowest BCUT2D eigenvalue weighted by molar-refractivity contribution is 0.0992. The number of ether oxygens (including phenoxy) is 1. The van der Waals surface area contributed by atoms with Crippen LogP contribution in [-0.2, 0) is 13.2 Å². The number of furan rings is 1. The van der Waals surface area contributed by atoms with Crippen LogP contribution in [0.25, 0.3) is 0 Å². The van der Waals surface area contributed by atoms with Crippen LogP contribution in [0.2, 0.25) is 5.02 Å². The van der Waals surface area contributed by atoms with E-state index in [0.29, 0.717) is 28.9 Å². The van der Waals surface area contributed by atoms with E-state index >= 15 is 0 Å². The molecule has 2 aromatic heterocycles. The molecule has 158 valence electrons. The standard InChI is InChI=1S/C23H19BrClN3O3/c1-15-11-22(27-28(15)13-16-3-2-4-18(25)12-16)26-23(29)21-10-9-20(31-21)14-30-19-7-5-17(24)6-8-19/h2-12H,13-14H2,1H3,(H,26,27,29). The average molecular weight is 501 g/mol. The van der Waals surface area contributed by atoms with Crippen LogP contribution in [0.15, 0.2) is 75.6 Å².